The highest BCUT2D eigenvalue weighted by Gasteiger charge is 2.48. The van der Waals surface area contributed by atoms with Gasteiger partial charge in [-0.15, -0.1) is 0 Å². The number of ether oxygens (including phenoxy) is 1. The fourth-order valence-corrected chi connectivity index (χ4v) is 2.35. The Labute approximate surface area is 128 Å². The summed E-state index contributed by atoms with van der Waals surface area (Å²) in [4.78, 5) is 35.2. The smallest absolute Gasteiger partial charge is 0.337 e. The highest BCUT2D eigenvalue weighted by molar-refractivity contribution is 6.00. The third-order valence-corrected chi connectivity index (χ3v) is 3.96. The molecule has 2 atom stereocenters. The second-order valence-corrected chi connectivity index (χ2v) is 5.79. The van der Waals surface area contributed by atoms with E-state index in [0.717, 1.165) is 12.8 Å². The quantitative estimate of drug-likeness (QED) is 0.804. The van der Waals surface area contributed by atoms with Crippen molar-refractivity contribution >= 4 is 23.5 Å². The number of benzene rings is 1. The second-order valence-electron chi connectivity index (χ2n) is 5.79. The monoisotopic (exact) mass is 302 g/mol. The number of hydrogen-bond acceptors (Lipinski definition) is 4. The predicted octanol–water partition coefficient (Wildman–Crippen LogP) is 1.33. The standard InChI is InChI=1S/C16H18N2O4/c1-22-16(21)9-2-4-10(5-3-9)17-14(19)12-8-13(12)15(20)18-11-6-7-11/h2-5,11-13H,6-8H2,1H3,(H,17,19)(H,18,20). The van der Waals surface area contributed by atoms with Crippen LogP contribution in [0.4, 0.5) is 5.69 Å². The molecular formula is C16H18N2O4. The molecule has 6 nitrogen and oxygen atoms in total. The van der Waals surface area contributed by atoms with Gasteiger partial charge < -0.3 is 15.4 Å². The fraction of sp³-hybridized carbons (Fsp3) is 0.438. The summed E-state index contributed by atoms with van der Waals surface area (Å²) in [6.45, 7) is 0. The Morgan fingerprint density at radius 2 is 1.68 bits per heavy atom. The molecule has 0 aromatic heterocycles. The van der Waals surface area contributed by atoms with Crippen LogP contribution in [-0.2, 0) is 14.3 Å². The zero-order valence-electron chi connectivity index (χ0n) is 12.3. The maximum Gasteiger partial charge on any atom is 0.337 e. The number of hydrogen-bond donors (Lipinski definition) is 2. The van der Waals surface area contributed by atoms with Crippen molar-refractivity contribution in [2.24, 2.45) is 11.8 Å². The minimum Gasteiger partial charge on any atom is -0.465 e. The molecule has 2 N–H and O–H groups in total. The van der Waals surface area contributed by atoms with E-state index in [1.165, 1.54) is 7.11 Å². The average Bonchev–Trinajstić information content (AvgIpc) is 3.40. The molecule has 2 unspecified atom stereocenters. The van der Waals surface area contributed by atoms with E-state index in [2.05, 4.69) is 15.4 Å². The molecule has 1 aromatic rings. The fourth-order valence-electron chi connectivity index (χ4n) is 2.35. The van der Waals surface area contributed by atoms with Gasteiger partial charge in [0.1, 0.15) is 0 Å². The minimum absolute atomic E-state index is 0.0105. The zero-order chi connectivity index (χ0) is 15.7. The number of nitrogens with one attached hydrogen (secondary N) is 2. The van der Waals surface area contributed by atoms with Gasteiger partial charge in [0.15, 0.2) is 0 Å². The summed E-state index contributed by atoms with van der Waals surface area (Å²) < 4.78 is 4.61. The molecular weight excluding hydrogens is 284 g/mol. The lowest BCUT2D eigenvalue weighted by molar-refractivity contribution is -0.125. The molecule has 1 aromatic carbocycles. The molecule has 6 heteroatoms. The Bertz CT molecular complexity index is 607. The van der Waals surface area contributed by atoms with Crippen molar-refractivity contribution in [1.29, 1.82) is 0 Å². The highest BCUT2D eigenvalue weighted by Crippen LogP contribution is 2.40. The van der Waals surface area contributed by atoms with Gasteiger partial charge in [-0.25, -0.2) is 4.79 Å². The van der Waals surface area contributed by atoms with E-state index in [9.17, 15) is 14.4 Å². The van der Waals surface area contributed by atoms with Crippen LogP contribution in [0.2, 0.25) is 0 Å². The number of carbonyl (C=O) groups excluding carboxylic acids is 3. The lowest BCUT2D eigenvalue weighted by Gasteiger charge is -2.06. The highest BCUT2D eigenvalue weighted by atomic mass is 16.5. The molecule has 3 rings (SSSR count). The lowest BCUT2D eigenvalue weighted by atomic mass is 10.2. The summed E-state index contributed by atoms with van der Waals surface area (Å²) in [5.74, 6) is -1.03. The molecule has 116 valence electrons. The van der Waals surface area contributed by atoms with Gasteiger partial charge in [0.25, 0.3) is 0 Å². The van der Waals surface area contributed by atoms with E-state index in [1.807, 2.05) is 0 Å². The summed E-state index contributed by atoms with van der Waals surface area (Å²) in [5.41, 5.74) is 1.03. The maximum atomic E-state index is 12.1. The molecule has 22 heavy (non-hydrogen) atoms. The summed E-state index contributed by atoms with van der Waals surface area (Å²) in [5, 5.41) is 5.69. The van der Waals surface area contributed by atoms with Crippen LogP contribution >= 0.6 is 0 Å². The van der Waals surface area contributed by atoms with Crippen LogP contribution in [0.15, 0.2) is 24.3 Å². The number of esters is 1. The molecule has 0 radical (unpaired) electrons. The van der Waals surface area contributed by atoms with Crippen molar-refractivity contribution in [3.8, 4) is 0 Å². The molecule has 0 aliphatic heterocycles. The Morgan fingerprint density at radius 1 is 1.05 bits per heavy atom. The molecule has 2 aliphatic carbocycles. The van der Waals surface area contributed by atoms with Gasteiger partial charge in [0.05, 0.1) is 24.5 Å². The SMILES string of the molecule is COC(=O)c1ccc(NC(=O)C2CC2C(=O)NC2CC2)cc1. The number of rotatable bonds is 5. The van der Waals surface area contributed by atoms with E-state index in [0.29, 0.717) is 23.7 Å². The third kappa shape index (κ3) is 3.27. The first-order valence-electron chi connectivity index (χ1n) is 7.38. The van der Waals surface area contributed by atoms with Crippen LogP contribution < -0.4 is 10.6 Å². The van der Waals surface area contributed by atoms with Gasteiger partial charge in [-0.2, -0.15) is 0 Å². The van der Waals surface area contributed by atoms with Gasteiger partial charge in [0.2, 0.25) is 11.8 Å². The third-order valence-electron chi connectivity index (χ3n) is 3.96. The van der Waals surface area contributed by atoms with Gasteiger partial charge in [-0.3, -0.25) is 9.59 Å². The minimum atomic E-state index is -0.420. The van der Waals surface area contributed by atoms with E-state index in [-0.39, 0.29) is 23.7 Å². The normalized spacial score (nSPS) is 22.6. The largest absolute Gasteiger partial charge is 0.465 e. The van der Waals surface area contributed by atoms with Crippen molar-refractivity contribution in [1.82, 2.24) is 5.32 Å². The molecule has 0 heterocycles. The van der Waals surface area contributed by atoms with E-state index >= 15 is 0 Å². The Kier molecular flexibility index (Phi) is 3.83. The molecule has 2 amide bonds. The molecule has 0 bridgehead atoms. The van der Waals surface area contributed by atoms with Crippen molar-refractivity contribution < 1.29 is 19.1 Å². The van der Waals surface area contributed by atoms with Crippen LogP contribution in [0.1, 0.15) is 29.6 Å². The first kappa shape index (κ1) is 14.6. The van der Waals surface area contributed by atoms with Crippen molar-refractivity contribution in [2.75, 3.05) is 12.4 Å². The van der Waals surface area contributed by atoms with Gasteiger partial charge in [-0.1, -0.05) is 0 Å². The summed E-state index contributed by atoms with van der Waals surface area (Å²) in [6, 6.07) is 6.79. The van der Waals surface area contributed by atoms with Gasteiger partial charge in [-0.05, 0) is 43.5 Å². The Balaban J connectivity index is 1.51. The topological polar surface area (TPSA) is 84.5 Å². The summed E-state index contributed by atoms with van der Waals surface area (Å²) >= 11 is 0. The molecule has 2 saturated carbocycles. The molecule has 0 spiro atoms. The van der Waals surface area contributed by atoms with Crippen LogP contribution in [0.5, 0.6) is 0 Å². The van der Waals surface area contributed by atoms with E-state index in [4.69, 9.17) is 0 Å². The Morgan fingerprint density at radius 3 is 2.27 bits per heavy atom. The first-order valence-corrected chi connectivity index (χ1v) is 7.38. The summed E-state index contributed by atoms with van der Waals surface area (Å²) in [7, 11) is 1.32. The van der Waals surface area contributed by atoms with Crippen LogP contribution in [-0.4, -0.2) is 30.9 Å². The molecule has 2 aliphatic rings. The van der Waals surface area contributed by atoms with Gasteiger partial charge in [0, 0.05) is 11.7 Å². The number of anilines is 1. The van der Waals surface area contributed by atoms with E-state index in [1.54, 1.807) is 24.3 Å². The van der Waals surface area contributed by atoms with Crippen molar-refractivity contribution in [3.63, 3.8) is 0 Å². The Hall–Kier alpha value is -2.37. The van der Waals surface area contributed by atoms with Crippen LogP contribution in [0.3, 0.4) is 0 Å². The lowest BCUT2D eigenvalue weighted by Crippen LogP contribution is -2.29. The van der Waals surface area contributed by atoms with Crippen LogP contribution in [0, 0.1) is 11.8 Å². The zero-order valence-corrected chi connectivity index (χ0v) is 12.3. The van der Waals surface area contributed by atoms with Crippen LogP contribution in [0.25, 0.3) is 0 Å². The van der Waals surface area contributed by atoms with Crippen molar-refractivity contribution in [2.45, 2.75) is 25.3 Å². The maximum absolute atomic E-state index is 12.1. The summed E-state index contributed by atoms with van der Waals surface area (Å²) in [6.07, 6.45) is 2.69. The van der Waals surface area contributed by atoms with Crippen molar-refractivity contribution in [3.05, 3.63) is 29.8 Å². The van der Waals surface area contributed by atoms with Gasteiger partial charge >= 0.3 is 5.97 Å². The first-order chi connectivity index (χ1) is 10.6. The second kappa shape index (κ2) is 5.79. The molecule has 2 fully saturated rings. The average molecular weight is 302 g/mol. The predicted molar refractivity (Wildman–Crippen MR) is 79.2 cm³/mol. The molecule has 0 saturated heterocycles. The number of carbonyl (C=O) groups is 3. The number of methoxy groups -OCH3 is 1. The van der Waals surface area contributed by atoms with E-state index < -0.39 is 5.97 Å². The number of amides is 2.